The van der Waals surface area contributed by atoms with Crippen molar-refractivity contribution in [1.29, 1.82) is 0 Å². The molecule has 0 amide bonds. The molecule has 0 unspecified atom stereocenters. The Morgan fingerprint density at radius 1 is 0.818 bits per heavy atom. The zero-order chi connectivity index (χ0) is 3.70. The molecule has 1 heterocycles. The maximum Gasteiger partial charge on any atom is 0.323 e. The molecular formula is CH3K6O3P. The average Bonchev–Trinajstić information content (AvgIpc) is 1.30. The molecule has 0 aliphatic carbocycles. The molecule has 1 aliphatic heterocycles. The predicted molar refractivity (Wildman–Crippen MR) is 50.6 cm³/mol. The SMILES string of the molecule is O=[PH]1OCO1.[K].[K].[K].[K].[K].[K]. The molecule has 11 heavy (non-hydrogen) atoms. The Bertz CT molecular complexity index is 64.8. The molecule has 0 N–H and O–H groups in total. The minimum Gasteiger partial charge on any atom is -0.283 e. The molecule has 10 heteroatoms. The summed E-state index contributed by atoms with van der Waals surface area (Å²) in [5.41, 5.74) is 0. The second kappa shape index (κ2) is 28.2. The second-order valence-electron chi connectivity index (χ2n) is 0.657. The number of hydrogen-bond donors (Lipinski definition) is 0. The molecule has 0 saturated carbocycles. The molecule has 0 aromatic rings. The normalized spacial score (nSPS) is 11.6. The average molecular weight is 329 g/mol. The quantitative estimate of drug-likeness (QED) is 0.385. The fourth-order valence-corrected chi connectivity index (χ4v) is 0.321. The smallest absolute Gasteiger partial charge is 0.283 e. The fourth-order valence-electron chi connectivity index (χ4n) is 0.107. The van der Waals surface area contributed by atoms with Gasteiger partial charge in [-0.1, -0.05) is 0 Å². The first kappa shape index (κ1) is 37.3. The maximum absolute atomic E-state index is 9.64. The van der Waals surface area contributed by atoms with E-state index in [-0.39, 0.29) is 315 Å². The molecule has 1 rings (SSSR count). The van der Waals surface area contributed by atoms with Crippen molar-refractivity contribution in [1.82, 2.24) is 0 Å². The van der Waals surface area contributed by atoms with Crippen LogP contribution in [0.2, 0.25) is 0 Å². The third-order valence-electron chi connectivity index (χ3n) is 0.354. The number of hydrogen-bond acceptors (Lipinski definition) is 3. The van der Waals surface area contributed by atoms with E-state index in [0.29, 0.717) is 0 Å². The summed E-state index contributed by atoms with van der Waals surface area (Å²) in [6.45, 7) is 0.220. The van der Waals surface area contributed by atoms with Gasteiger partial charge in [-0.3, -0.25) is 13.6 Å². The summed E-state index contributed by atoms with van der Waals surface area (Å²) in [4.78, 5) is 0. The van der Waals surface area contributed by atoms with Crippen molar-refractivity contribution >= 4 is 317 Å². The second-order valence-corrected chi connectivity index (χ2v) is 1.73. The molecule has 3 nitrogen and oxygen atoms in total. The van der Waals surface area contributed by atoms with Crippen molar-refractivity contribution in [3.8, 4) is 0 Å². The van der Waals surface area contributed by atoms with Crippen LogP contribution in [0.3, 0.4) is 0 Å². The minimum atomic E-state index is -1.94. The van der Waals surface area contributed by atoms with Crippen LogP contribution in [0, 0.1) is 0 Å². The van der Waals surface area contributed by atoms with E-state index in [4.69, 9.17) is 0 Å². The minimum absolute atomic E-state index is 0. The Kier molecular flexibility index (Phi) is 95.6. The first-order valence-corrected chi connectivity index (χ1v) is 2.41. The van der Waals surface area contributed by atoms with E-state index in [1.165, 1.54) is 0 Å². The molecule has 0 aromatic heterocycles. The van der Waals surface area contributed by atoms with Crippen LogP contribution in [0.15, 0.2) is 0 Å². The summed E-state index contributed by atoms with van der Waals surface area (Å²) < 4.78 is 18.1. The van der Waals surface area contributed by atoms with Gasteiger partial charge in [0.1, 0.15) is 0 Å². The van der Waals surface area contributed by atoms with E-state index in [9.17, 15) is 4.57 Å². The zero-order valence-electron chi connectivity index (χ0n) is 8.43. The van der Waals surface area contributed by atoms with Crippen LogP contribution in [0.25, 0.3) is 0 Å². The van der Waals surface area contributed by atoms with E-state index in [2.05, 4.69) is 9.05 Å². The Morgan fingerprint density at radius 2 is 1.00 bits per heavy atom. The summed E-state index contributed by atoms with van der Waals surface area (Å²) in [5, 5.41) is 0. The molecule has 1 saturated heterocycles. The van der Waals surface area contributed by atoms with Crippen molar-refractivity contribution in [3.05, 3.63) is 0 Å². The Hall–Kier alpha value is 9.97. The molecule has 0 aromatic carbocycles. The molecule has 1 aliphatic rings. The van der Waals surface area contributed by atoms with E-state index in [1.807, 2.05) is 0 Å². The zero-order valence-corrected chi connectivity index (χ0v) is 28.2. The van der Waals surface area contributed by atoms with Crippen LogP contribution in [-0.2, 0) is 13.6 Å². The summed E-state index contributed by atoms with van der Waals surface area (Å²) in [6, 6.07) is 0. The van der Waals surface area contributed by atoms with E-state index >= 15 is 0 Å². The molecule has 6 radical (unpaired) electrons. The van der Waals surface area contributed by atoms with E-state index < -0.39 is 8.25 Å². The number of rotatable bonds is 0. The predicted octanol–water partition coefficient (Wildman–Crippen LogP) is -1.90. The first-order chi connectivity index (χ1) is 2.39. The van der Waals surface area contributed by atoms with Gasteiger partial charge in [0.2, 0.25) is 0 Å². The topological polar surface area (TPSA) is 35.5 Å². The summed E-state index contributed by atoms with van der Waals surface area (Å²) in [7, 11) is -1.94. The molecule has 36 valence electrons. The Morgan fingerprint density at radius 3 is 1.00 bits per heavy atom. The van der Waals surface area contributed by atoms with Gasteiger partial charge in [0.15, 0.2) is 6.79 Å². The standard InChI is InChI=1S/CH3O3P.6K/c2-5-3-1-4-5;;;;;;/h5H,1H2;;;;;;. The first-order valence-electron chi connectivity index (χ1n) is 1.19. The van der Waals surface area contributed by atoms with Gasteiger partial charge in [0.05, 0.1) is 0 Å². The Balaban J connectivity index is -0.0000000104. The van der Waals surface area contributed by atoms with Crippen LogP contribution in [-0.4, -0.2) is 315 Å². The van der Waals surface area contributed by atoms with Crippen LogP contribution < -0.4 is 0 Å². The van der Waals surface area contributed by atoms with Gasteiger partial charge in [-0.05, 0) is 0 Å². The molecule has 0 atom stereocenters. The van der Waals surface area contributed by atoms with Crippen molar-refractivity contribution in [2.75, 3.05) is 6.79 Å². The largest absolute Gasteiger partial charge is 0.323 e. The van der Waals surface area contributed by atoms with Crippen LogP contribution in [0.1, 0.15) is 0 Å². The fraction of sp³-hybridized carbons (Fsp3) is 1.00. The van der Waals surface area contributed by atoms with Crippen molar-refractivity contribution < 1.29 is 13.6 Å². The summed E-state index contributed by atoms with van der Waals surface area (Å²) in [6.07, 6.45) is 0. The Labute approximate surface area is 323 Å². The van der Waals surface area contributed by atoms with E-state index in [0.717, 1.165) is 0 Å². The van der Waals surface area contributed by atoms with Crippen LogP contribution in [0.4, 0.5) is 0 Å². The molecule has 1 fully saturated rings. The van der Waals surface area contributed by atoms with Gasteiger partial charge >= 0.3 is 8.25 Å². The molecule has 0 spiro atoms. The van der Waals surface area contributed by atoms with Crippen molar-refractivity contribution in [2.24, 2.45) is 0 Å². The van der Waals surface area contributed by atoms with Crippen LogP contribution in [0.5, 0.6) is 0 Å². The van der Waals surface area contributed by atoms with Gasteiger partial charge in [0.25, 0.3) is 0 Å². The van der Waals surface area contributed by atoms with Gasteiger partial charge in [0, 0.05) is 308 Å². The maximum atomic E-state index is 9.64. The third-order valence-corrected chi connectivity index (χ3v) is 1.06. The monoisotopic (exact) mass is 328 g/mol. The van der Waals surface area contributed by atoms with Gasteiger partial charge in [-0.15, -0.1) is 0 Å². The molecular weight excluding hydrogens is 326 g/mol. The van der Waals surface area contributed by atoms with Crippen molar-refractivity contribution in [3.63, 3.8) is 0 Å². The van der Waals surface area contributed by atoms with E-state index in [1.54, 1.807) is 0 Å². The van der Waals surface area contributed by atoms with Gasteiger partial charge in [-0.25, -0.2) is 0 Å². The third kappa shape index (κ3) is 25.3. The summed E-state index contributed by atoms with van der Waals surface area (Å²) in [5.74, 6) is 0. The summed E-state index contributed by atoms with van der Waals surface area (Å²) >= 11 is 0. The van der Waals surface area contributed by atoms with Crippen LogP contribution >= 0.6 is 8.25 Å². The molecule has 0 bridgehead atoms. The van der Waals surface area contributed by atoms with Crippen molar-refractivity contribution in [2.45, 2.75) is 0 Å². The van der Waals surface area contributed by atoms with Gasteiger partial charge < -0.3 is 0 Å². The van der Waals surface area contributed by atoms with Gasteiger partial charge in [-0.2, -0.15) is 0 Å².